The summed E-state index contributed by atoms with van der Waals surface area (Å²) in [5, 5.41) is 17.0. The summed E-state index contributed by atoms with van der Waals surface area (Å²) in [4.78, 5) is 52.5. The molecule has 0 fully saturated rings. The van der Waals surface area contributed by atoms with Gasteiger partial charge in [0.1, 0.15) is 18.8 Å². The van der Waals surface area contributed by atoms with Crippen LogP contribution in [0.25, 0.3) is 11.1 Å². The second-order valence-electron chi connectivity index (χ2n) is 12.1. The van der Waals surface area contributed by atoms with Crippen LogP contribution >= 0.6 is 0 Å². The minimum atomic E-state index is -1.04. The topological polar surface area (TPSA) is 152 Å². The van der Waals surface area contributed by atoms with Gasteiger partial charge in [-0.05, 0) is 47.1 Å². The van der Waals surface area contributed by atoms with Gasteiger partial charge in [-0.25, -0.2) is 9.59 Å². The van der Waals surface area contributed by atoms with E-state index in [4.69, 9.17) is 19.3 Å². The van der Waals surface area contributed by atoms with Crippen LogP contribution in [0.1, 0.15) is 54.4 Å². The number of hydrogen-bond donors (Lipinski definition) is 4. The van der Waals surface area contributed by atoms with E-state index in [2.05, 4.69) is 41.2 Å². The molecule has 0 radical (unpaired) electrons. The van der Waals surface area contributed by atoms with Crippen LogP contribution in [0.5, 0.6) is 0 Å². The smallest absolute Gasteiger partial charge is 0.407 e. The zero-order chi connectivity index (χ0) is 36.4. The third kappa shape index (κ3) is 11.4. The Hall–Kier alpha value is -5.26. The Morgan fingerprint density at radius 3 is 2.16 bits per heavy atom. The fraction of sp³-hybridized carbons (Fsp3) is 0.350. The molecule has 1 aliphatic carbocycles. The maximum Gasteiger partial charge on any atom is 0.407 e. The summed E-state index contributed by atoms with van der Waals surface area (Å²) in [6.07, 6.45) is 2.39. The lowest BCUT2D eigenvalue weighted by atomic mass is 9.98. The van der Waals surface area contributed by atoms with Crippen molar-refractivity contribution in [2.75, 3.05) is 39.5 Å². The molecule has 3 atom stereocenters. The maximum absolute atomic E-state index is 13.6. The number of alkyl carbamates (subject to hydrolysis) is 1. The summed E-state index contributed by atoms with van der Waals surface area (Å²) < 4.78 is 16.8. The Morgan fingerprint density at radius 1 is 0.843 bits per heavy atom. The number of aliphatic hydroxyl groups is 1. The molecule has 1 aliphatic rings. The minimum absolute atomic E-state index is 0.0715. The van der Waals surface area contributed by atoms with Gasteiger partial charge in [0, 0.05) is 18.9 Å². The van der Waals surface area contributed by atoms with Gasteiger partial charge in [-0.3, -0.25) is 9.59 Å². The molecular weight excluding hydrogens is 650 g/mol. The third-order valence-corrected chi connectivity index (χ3v) is 8.53. The molecule has 51 heavy (non-hydrogen) atoms. The van der Waals surface area contributed by atoms with E-state index in [0.29, 0.717) is 12.0 Å². The van der Waals surface area contributed by atoms with Crippen LogP contribution < -0.4 is 16.0 Å². The zero-order valence-electron chi connectivity index (χ0n) is 28.8. The van der Waals surface area contributed by atoms with Crippen LogP contribution in [0, 0.1) is 5.92 Å². The molecule has 11 nitrogen and oxygen atoms in total. The second kappa shape index (κ2) is 20.4. The van der Waals surface area contributed by atoms with Crippen LogP contribution in [-0.4, -0.2) is 74.5 Å². The van der Waals surface area contributed by atoms with Crippen molar-refractivity contribution in [3.8, 4) is 11.1 Å². The first-order chi connectivity index (χ1) is 24.9. The largest absolute Gasteiger partial charge is 0.454 e. The molecular formula is C40H47N3O8. The van der Waals surface area contributed by atoms with Crippen molar-refractivity contribution in [1.29, 1.82) is 0 Å². The van der Waals surface area contributed by atoms with Gasteiger partial charge in [0.2, 0.25) is 11.8 Å². The molecule has 3 aromatic carbocycles. The van der Waals surface area contributed by atoms with Crippen LogP contribution in [0.15, 0.2) is 104 Å². The number of allylic oxidation sites excluding steroid dienone is 2. The quantitative estimate of drug-likeness (QED) is 0.0692. The van der Waals surface area contributed by atoms with Crippen LogP contribution in [0.2, 0.25) is 0 Å². The number of carbonyl (C=O) groups excluding carboxylic acids is 4. The summed E-state index contributed by atoms with van der Waals surface area (Å²) in [6.45, 7) is 8.01. The van der Waals surface area contributed by atoms with Crippen molar-refractivity contribution in [3.05, 3.63) is 121 Å². The van der Waals surface area contributed by atoms with Gasteiger partial charge in [-0.15, -0.1) is 13.2 Å². The third-order valence-electron chi connectivity index (χ3n) is 8.53. The van der Waals surface area contributed by atoms with E-state index in [1.54, 1.807) is 36.4 Å². The number of hydrogen-bond acceptors (Lipinski definition) is 8. The van der Waals surface area contributed by atoms with Gasteiger partial charge in [0.25, 0.3) is 0 Å². The predicted octanol–water partition coefficient (Wildman–Crippen LogP) is 4.97. The summed E-state index contributed by atoms with van der Waals surface area (Å²) in [7, 11) is 0. The molecule has 0 saturated carbocycles. The van der Waals surface area contributed by atoms with Gasteiger partial charge in [-0.2, -0.15) is 0 Å². The molecule has 0 bridgehead atoms. The summed E-state index contributed by atoms with van der Waals surface area (Å²) in [6, 6.07) is 23.9. The number of ether oxygens (including phenoxy) is 3. The van der Waals surface area contributed by atoms with E-state index >= 15 is 0 Å². The van der Waals surface area contributed by atoms with E-state index in [1.165, 1.54) is 0 Å². The van der Waals surface area contributed by atoms with E-state index in [9.17, 15) is 19.2 Å². The Labute approximate surface area is 299 Å². The number of aliphatic hydroxyl groups excluding tert-OH is 1. The minimum Gasteiger partial charge on any atom is -0.454 e. The van der Waals surface area contributed by atoms with E-state index < -0.39 is 36.0 Å². The maximum atomic E-state index is 13.6. The van der Waals surface area contributed by atoms with Crippen molar-refractivity contribution in [1.82, 2.24) is 16.0 Å². The van der Waals surface area contributed by atoms with Gasteiger partial charge in [0.15, 0.2) is 0 Å². The molecule has 270 valence electrons. The van der Waals surface area contributed by atoms with E-state index in [1.807, 2.05) is 42.5 Å². The van der Waals surface area contributed by atoms with Crippen molar-refractivity contribution in [3.63, 3.8) is 0 Å². The van der Waals surface area contributed by atoms with Gasteiger partial charge < -0.3 is 35.3 Å². The van der Waals surface area contributed by atoms with Crippen LogP contribution in [0.3, 0.4) is 0 Å². The number of nitrogens with one attached hydrogen (secondary N) is 3. The SMILES string of the molecule is C=CCC[C@H](NC(=O)OCC1c2ccccc2-c2ccccc21)C(=O)O[C@@H](CNC(=O)[C@@H](CC=C)CC(=O)NCCOCCO)c1ccccc1. The lowest BCUT2D eigenvalue weighted by molar-refractivity contribution is -0.152. The van der Waals surface area contributed by atoms with E-state index in [0.717, 1.165) is 22.3 Å². The van der Waals surface area contributed by atoms with Crippen molar-refractivity contribution >= 4 is 23.9 Å². The highest BCUT2D eigenvalue weighted by Crippen LogP contribution is 2.44. The molecule has 0 heterocycles. The second-order valence-corrected chi connectivity index (χ2v) is 12.1. The fourth-order valence-electron chi connectivity index (χ4n) is 5.98. The standard InChI is InChI=1S/C40H47N3O8/c1-3-5-20-35(43-40(48)50-27-34-32-18-11-9-16-30(32)31-17-10-12-19-33(31)34)39(47)51-36(28-14-7-6-8-15-28)26-42-38(46)29(13-4-2)25-37(45)41-21-23-49-24-22-44/h3-4,6-12,14-19,29,34-36,44H,1-2,5,13,20-27H2,(H,41,45)(H,42,46)(H,43,48)/t29-,35-,36-/m0/s1. The molecule has 3 aromatic rings. The molecule has 4 N–H and O–H groups in total. The lowest BCUT2D eigenvalue weighted by Crippen LogP contribution is -2.44. The van der Waals surface area contributed by atoms with Gasteiger partial charge in [0.05, 0.1) is 32.3 Å². The Bertz CT molecular complexity index is 1580. The van der Waals surface area contributed by atoms with Gasteiger partial charge in [-0.1, -0.05) is 91.0 Å². The Kier molecular flexibility index (Phi) is 15.4. The number of rotatable bonds is 21. The molecule has 4 rings (SSSR count). The highest BCUT2D eigenvalue weighted by molar-refractivity contribution is 5.86. The fourth-order valence-corrected chi connectivity index (χ4v) is 5.98. The average molecular weight is 698 g/mol. The van der Waals surface area contributed by atoms with Crippen molar-refractivity contribution < 1.29 is 38.5 Å². The van der Waals surface area contributed by atoms with Crippen molar-refractivity contribution in [2.45, 2.75) is 43.7 Å². The number of esters is 1. The van der Waals surface area contributed by atoms with E-state index in [-0.39, 0.29) is 70.6 Å². The first kappa shape index (κ1) is 38.5. The molecule has 0 aliphatic heterocycles. The Balaban J connectivity index is 1.38. The molecule has 0 spiro atoms. The number of amides is 3. The molecule has 0 saturated heterocycles. The van der Waals surface area contributed by atoms with Crippen LogP contribution in [-0.2, 0) is 28.6 Å². The first-order valence-corrected chi connectivity index (χ1v) is 17.2. The number of benzene rings is 3. The molecule has 0 aromatic heterocycles. The van der Waals surface area contributed by atoms with Crippen molar-refractivity contribution in [2.24, 2.45) is 5.92 Å². The molecule has 3 amide bonds. The first-order valence-electron chi connectivity index (χ1n) is 17.2. The van der Waals surface area contributed by atoms with Crippen LogP contribution in [0.4, 0.5) is 4.79 Å². The van der Waals surface area contributed by atoms with Gasteiger partial charge >= 0.3 is 12.1 Å². The highest BCUT2D eigenvalue weighted by atomic mass is 16.6. The normalized spacial score (nSPS) is 13.4. The molecule has 0 unspecified atom stereocenters. The number of fused-ring (bicyclic) bond motifs is 3. The zero-order valence-corrected chi connectivity index (χ0v) is 28.8. The average Bonchev–Trinajstić information content (AvgIpc) is 3.47. The highest BCUT2D eigenvalue weighted by Gasteiger charge is 2.31. The lowest BCUT2D eigenvalue weighted by Gasteiger charge is -2.24. The summed E-state index contributed by atoms with van der Waals surface area (Å²) >= 11 is 0. The Morgan fingerprint density at radius 2 is 1.51 bits per heavy atom. The predicted molar refractivity (Wildman–Crippen MR) is 194 cm³/mol. The number of carbonyl (C=O) groups is 4. The monoisotopic (exact) mass is 697 g/mol. The summed E-state index contributed by atoms with van der Waals surface area (Å²) in [5.41, 5.74) is 4.99. The summed E-state index contributed by atoms with van der Waals surface area (Å²) in [5.74, 6) is -2.28. The molecule has 11 heteroatoms.